The summed E-state index contributed by atoms with van der Waals surface area (Å²) in [5.74, 6) is 0.356. The maximum absolute atomic E-state index is 12.2. The molecule has 6 heteroatoms. The summed E-state index contributed by atoms with van der Waals surface area (Å²) in [7, 11) is 1.48. The molecule has 3 aromatic carbocycles. The van der Waals surface area contributed by atoms with E-state index >= 15 is 0 Å². The van der Waals surface area contributed by atoms with Gasteiger partial charge >= 0.3 is 0 Å². The molecular weight excluding hydrogens is 438 g/mol. The molecule has 0 radical (unpaired) electrons. The number of hydrogen-bond acceptors (Lipinski definition) is 4. The first-order valence-electron chi connectivity index (χ1n) is 8.63. The Morgan fingerprint density at radius 2 is 1.82 bits per heavy atom. The van der Waals surface area contributed by atoms with Gasteiger partial charge in [0.15, 0.2) is 0 Å². The number of nitrogens with zero attached hydrogens (tertiary/aromatic N) is 1. The standard InChI is InChI=1S/C22H16BrNO3S/c1-24-21(25)20(28-22(24)26)12-17-11-18(23)8-9-19(17)27-13-14-6-7-15-4-2-3-5-16(15)10-14/h2-12H,13H2,1H3/b20-12-. The molecule has 1 aliphatic rings. The minimum atomic E-state index is -0.296. The van der Waals surface area contributed by atoms with Crippen LogP contribution in [0.2, 0.25) is 0 Å². The number of ether oxygens (including phenoxy) is 1. The fraction of sp³-hybridized carbons (Fsp3) is 0.0909. The fourth-order valence-electron chi connectivity index (χ4n) is 2.94. The first-order valence-corrected chi connectivity index (χ1v) is 10.2. The number of halogens is 1. The molecule has 1 fully saturated rings. The predicted molar refractivity (Wildman–Crippen MR) is 116 cm³/mol. The lowest BCUT2D eigenvalue weighted by Crippen LogP contribution is -2.22. The second-order valence-electron chi connectivity index (χ2n) is 6.39. The van der Waals surface area contributed by atoms with Crippen molar-refractivity contribution in [3.63, 3.8) is 0 Å². The highest BCUT2D eigenvalue weighted by atomic mass is 79.9. The van der Waals surface area contributed by atoms with Gasteiger partial charge in [0.1, 0.15) is 12.4 Å². The SMILES string of the molecule is CN1C(=O)S/C(=C\c2cc(Br)ccc2OCc2ccc3ccccc3c2)C1=O. The van der Waals surface area contributed by atoms with Gasteiger partial charge in [-0.3, -0.25) is 14.5 Å². The van der Waals surface area contributed by atoms with Gasteiger partial charge in [0.2, 0.25) is 0 Å². The zero-order valence-electron chi connectivity index (χ0n) is 15.0. The smallest absolute Gasteiger partial charge is 0.293 e. The van der Waals surface area contributed by atoms with E-state index in [2.05, 4.69) is 40.2 Å². The maximum atomic E-state index is 12.2. The number of amides is 2. The quantitative estimate of drug-likeness (QED) is 0.465. The zero-order chi connectivity index (χ0) is 19.7. The molecule has 0 spiro atoms. The van der Waals surface area contributed by atoms with Crippen LogP contribution in [-0.2, 0) is 11.4 Å². The summed E-state index contributed by atoms with van der Waals surface area (Å²) >= 11 is 4.39. The third kappa shape index (κ3) is 3.84. The average Bonchev–Trinajstić information content (AvgIpc) is 2.94. The van der Waals surface area contributed by atoms with Crippen molar-refractivity contribution in [2.24, 2.45) is 0 Å². The summed E-state index contributed by atoms with van der Waals surface area (Å²) in [6.07, 6.45) is 1.70. The minimum Gasteiger partial charge on any atom is -0.488 e. The molecule has 28 heavy (non-hydrogen) atoms. The largest absolute Gasteiger partial charge is 0.488 e. The van der Waals surface area contributed by atoms with Crippen molar-refractivity contribution in [1.29, 1.82) is 0 Å². The first kappa shape index (κ1) is 18.8. The van der Waals surface area contributed by atoms with Gasteiger partial charge in [-0.1, -0.05) is 52.3 Å². The van der Waals surface area contributed by atoms with Gasteiger partial charge in [0, 0.05) is 17.1 Å². The van der Waals surface area contributed by atoms with Crippen LogP contribution in [-0.4, -0.2) is 23.1 Å². The lowest BCUT2D eigenvalue weighted by molar-refractivity contribution is -0.121. The highest BCUT2D eigenvalue weighted by Crippen LogP contribution is 2.34. The van der Waals surface area contributed by atoms with Crippen LogP contribution in [0, 0.1) is 0 Å². The van der Waals surface area contributed by atoms with Crippen molar-refractivity contribution < 1.29 is 14.3 Å². The van der Waals surface area contributed by atoms with Crippen molar-refractivity contribution in [1.82, 2.24) is 4.90 Å². The second kappa shape index (κ2) is 7.81. The normalized spacial score (nSPS) is 15.6. The van der Waals surface area contributed by atoms with Crippen LogP contribution in [0.5, 0.6) is 5.75 Å². The molecule has 3 aromatic rings. The molecule has 0 saturated carbocycles. The molecule has 4 nitrogen and oxygen atoms in total. The molecule has 140 valence electrons. The number of carbonyl (C=O) groups excluding carboxylic acids is 2. The number of thioether (sulfide) groups is 1. The van der Waals surface area contributed by atoms with Crippen LogP contribution in [0.3, 0.4) is 0 Å². The van der Waals surface area contributed by atoms with Gasteiger partial charge in [-0.15, -0.1) is 0 Å². The van der Waals surface area contributed by atoms with Crippen LogP contribution in [0.15, 0.2) is 70.0 Å². The number of rotatable bonds is 4. The van der Waals surface area contributed by atoms with Gasteiger partial charge < -0.3 is 4.74 Å². The van der Waals surface area contributed by atoms with Gasteiger partial charge in [-0.05, 0) is 58.4 Å². The van der Waals surface area contributed by atoms with E-state index in [1.165, 1.54) is 12.4 Å². The molecule has 0 aliphatic carbocycles. The monoisotopic (exact) mass is 453 g/mol. The molecule has 4 rings (SSSR count). The van der Waals surface area contributed by atoms with E-state index in [0.717, 1.165) is 37.6 Å². The summed E-state index contributed by atoms with van der Waals surface area (Å²) < 4.78 is 6.91. The van der Waals surface area contributed by atoms with Crippen molar-refractivity contribution in [3.05, 3.63) is 81.2 Å². The molecule has 1 saturated heterocycles. The van der Waals surface area contributed by atoms with Crippen molar-refractivity contribution >= 4 is 55.7 Å². The van der Waals surface area contributed by atoms with Gasteiger partial charge in [0.05, 0.1) is 4.91 Å². The first-order chi connectivity index (χ1) is 13.5. The van der Waals surface area contributed by atoms with Crippen LogP contribution in [0.4, 0.5) is 4.79 Å². The third-order valence-corrected chi connectivity index (χ3v) is 5.91. The third-order valence-electron chi connectivity index (χ3n) is 4.45. The predicted octanol–water partition coefficient (Wildman–Crippen LogP) is 5.85. The number of hydrogen-bond donors (Lipinski definition) is 0. The molecule has 0 unspecified atom stereocenters. The Bertz CT molecular complexity index is 1130. The maximum Gasteiger partial charge on any atom is 0.293 e. The number of carbonyl (C=O) groups is 2. The Morgan fingerprint density at radius 3 is 2.57 bits per heavy atom. The van der Waals surface area contributed by atoms with E-state index < -0.39 is 0 Å². The molecular formula is C22H16BrNO3S. The summed E-state index contributed by atoms with van der Waals surface area (Å²) in [6, 6.07) is 20.0. The van der Waals surface area contributed by atoms with Crippen LogP contribution >= 0.6 is 27.7 Å². The van der Waals surface area contributed by atoms with Crippen molar-refractivity contribution in [2.75, 3.05) is 7.05 Å². The lowest BCUT2D eigenvalue weighted by Gasteiger charge is -2.11. The Hall–Kier alpha value is -2.57. The Morgan fingerprint density at radius 1 is 1.04 bits per heavy atom. The van der Waals surface area contributed by atoms with Crippen LogP contribution in [0.25, 0.3) is 16.8 Å². The molecule has 0 bridgehead atoms. The van der Waals surface area contributed by atoms with E-state index in [-0.39, 0.29) is 11.1 Å². The van der Waals surface area contributed by atoms with Gasteiger partial charge in [-0.25, -0.2) is 0 Å². The number of fused-ring (bicyclic) bond motifs is 1. The second-order valence-corrected chi connectivity index (χ2v) is 8.30. The Labute approximate surface area is 175 Å². The summed E-state index contributed by atoms with van der Waals surface area (Å²) in [5, 5.41) is 2.08. The number of imide groups is 1. The van der Waals surface area contributed by atoms with E-state index in [1.807, 2.05) is 36.4 Å². The molecule has 2 amide bonds. The van der Waals surface area contributed by atoms with E-state index in [9.17, 15) is 9.59 Å². The number of benzene rings is 3. The van der Waals surface area contributed by atoms with Crippen LogP contribution in [0.1, 0.15) is 11.1 Å². The highest BCUT2D eigenvalue weighted by Gasteiger charge is 2.32. The molecule has 1 aliphatic heterocycles. The van der Waals surface area contributed by atoms with Crippen molar-refractivity contribution in [2.45, 2.75) is 6.61 Å². The number of likely N-dealkylation sites (N-methyl/N-ethyl adjacent to an activating group) is 1. The zero-order valence-corrected chi connectivity index (χ0v) is 17.4. The van der Waals surface area contributed by atoms with E-state index in [4.69, 9.17) is 4.74 Å². The molecule has 0 atom stereocenters. The van der Waals surface area contributed by atoms with E-state index in [1.54, 1.807) is 6.08 Å². The topological polar surface area (TPSA) is 46.6 Å². The molecule has 0 aromatic heterocycles. The molecule has 1 heterocycles. The summed E-state index contributed by atoms with van der Waals surface area (Å²) in [6.45, 7) is 0.405. The fourth-order valence-corrected chi connectivity index (χ4v) is 4.14. The summed E-state index contributed by atoms with van der Waals surface area (Å²) in [5.41, 5.74) is 1.80. The van der Waals surface area contributed by atoms with E-state index in [0.29, 0.717) is 17.3 Å². The Balaban J connectivity index is 1.59. The van der Waals surface area contributed by atoms with Crippen LogP contribution < -0.4 is 4.74 Å². The molecule has 0 N–H and O–H groups in total. The minimum absolute atomic E-state index is 0.273. The highest BCUT2D eigenvalue weighted by molar-refractivity contribution is 9.10. The lowest BCUT2D eigenvalue weighted by atomic mass is 10.1. The van der Waals surface area contributed by atoms with Gasteiger partial charge in [0.25, 0.3) is 11.1 Å². The Kier molecular flexibility index (Phi) is 5.24. The van der Waals surface area contributed by atoms with Gasteiger partial charge in [-0.2, -0.15) is 0 Å². The van der Waals surface area contributed by atoms with Crippen molar-refractivity contribution in [3.8, 4) is 5.75 Å². The average molecular weight is 454 g/mol. The summed E-state index contributed by atoms with van der Waals surface area (Å²) in [4.78, 5) is 25.4.